The summed E-state index contributed by atoms with van der Waals surface area (Å²) in [6, 6.07) is 13.8. The van der Waals surface area contributed by atoms with Gasteiger partial charge in [0.05, 0.1) is 0 Å². The van der Waals surface area contributed by atoms with E-state index in [9.17, 15) is 4.79 Å². The lowest BCUT2D eigenvalue weighted by molar-refractivity contribution is -0.117. The van der Waals surface area contributed by atoms with Crippen molar-refractivity contribution in [2.24, 2.45) is 5.73 Å². The Balaban J connectivity index is 2.15. The summed E-state index contributed by atoms with van der Waals surface area (Å²) in [6.07, 6.45) is 0. The Kier molecular flexibility index (Phi) is 4.44. The Hall–Kier alpha value is -1.26. The number of thioether (sulfide) groups is 1. The van der Waals surface area contributed by atoms with E-state index in [0.717, 1.165) is 5.56 Å². The maximum absolute atomic E-state index is 11.6. The van der Waals surface area contributed by atoms with Crippen LogP contribution in [0.3, 0.4) is 0 Å². The second kappa shape index (κ2) is 6.07. The second-order valence-corrected chi connectivity index (χ2v) is 6.42. The van der Waals surface area contributed by atoms with Crippen LogP contribution in [0.5, 0.6) is 0 Å². The molecule has 0 aliphatic rings. The Morgan fingerprint density at radius 1 is 1.22 bits per heavy atom. The fraction of sp³-hybridized carbons (Fsp3) is 0.214. The van der Waals surface area contributed by atoms with Crippen LogP contribution in [-0.4, -0.2) is 5.91 Å². The lowest BCUT2D eigenvalue weighted by Gasteiger charge is -2.17. The Morgan fingerprint density at radius 3 is 2.50 bits per heavy atom. The highest BCUT2D eigenvalue weighted by Crippen LogP contribution is 2.41. The predicted octanol–water partition coefficient (Wildman–Crippen LogP) is 3.77. The number of nitrogens with two attached hydrogens (primary N) is 1. The van der Waals surface area contributed by atoms with Gasteiger partial charge in [-0.2, -0.15) is 0 Å². The van der Waals surface area contributed by atoms with Crippen molar-refractivity contribution in [2.45, 2.75) is 17.4 Å². The van der Waals surface area contributed by atoms with Crippen molar-refractivity contribution in [3.05, 3.63) is 58.3 Å². The fourth-order valence-corrected chi connectivity index (χ4v) is 3.80. The van der Waals surface area contributed by atoms with Gasteiger partial charge in [0.25, 0.3) is 0 Å². The first-order chi connectivity index (χ1) is 8.68. The molecule has 18 heavy (non-hydrogen) atoms. The van der Waals surface area contributed by atoms with Crippen LogP contribution in [0.15, 0.2) is 47.8 Å². The molecule has 2 aromatic rings. The van der Waals surface area contributed by atoms with E-state index in [-0.39, 0.29) is 16.4 Å². The van der Waals surface area contributed by atoms with Crippen molar-refractivity contribution in [1.82, 2.24) is 0 Å². The van der Waals surface area contributed by atoms with E-state index in [1.54, 1.807) is 23.1 Å². The van der Waals surface area contributed by atoms with Gasteiger partial charge in [0.15, 0.2) is 0 Å². The molecule has 0 unspecified atom stereocenters. The lowest BCUT2D eigenvalue weighted by atomic mass is 10.1. The first kappa shape index (κ1) is 13.2. The Labute approximate surface area is 115 Å². The van der Waals surface area contributed by atoms with Crippen LogP contribution in [0, 0.1) is 0 Å². The van der Waals surface area contributed by atoms with Gasteiger partial charge >= 0.3 is 0 Å². The van der Waals surface area contributed by atoms with E-state index < -0.39 is 0 Å². The number of carbonyl (C=O) groups is 1. The van der Waals surface area contributed by atoms with Crippen LogP contribution in [-0.2, 0) is 4.79 Å². The fourth-order valence-electron chi connectivity index (χ4n) is 1.73. The van der Waals surface area contributed by atoms with Crippen molar-refractivity contribution in [2.75, 3.05) is 0 Å². The van der Waals surface area contributed by atoms with Crippen LogP contribution in [0.1, 0.15) is 27.9 Å². The van der Waals surface area contributed by atoms with E-state index in [1.807, 2.05) is 41.8 Å². The molecule has 2 N–H and O–H groups in total. The molecule has 0 bridgehead atoms. The standard InChI is InChI=1S/C14H15NOS2/c1-10(12-8-5-9-17-12)18-13(14(15)16)11-6-3-2-4-7-11/h2-10,13H,1H3,(H2,15,16)/t10-,13+/m1/s1. The molecule has 0 spiro atoms. The van der Waals surface area contributed by atoms with Crippen LogP contribution >= 0.6 is 23.1 Å². The van der Waals surface area contributed by atoms with E-state index in [4.69, 9.17) is 5.73 Å². The zero-order valence-electron chi connectivity index (χ0n) is 10.1. The minimum Gasteiger partial charge on any atom is -0.368 e. The molecule has 1 aromatic heterocycles. The summed E-state index contributed by atoms with van der Waals surface area (Å²) in [6.45, 7) is 2.11. The molecule has 1 heterocycles. The predicted molar refractivity (Wildman–Crippen MR) is 78.7 cm³/mol. The van der Waals surface area contributed by atoms with Gasteiger partial charge in [-0.15, -0.1) is 23.1 Å². The van der Waals surface area contributed by atoms with Crippen molar-refractivity contribution >= 4 is 29.0 Å². The van der Waals surface area contributed by atoms with Gasteiger partial charge in [0.1, 0.15) is 5.25 Å². The third-order valence-electron chi connectivity index (χ3n) is 2.64. The molecule has 1 amide bonds. The first-order valence-corrected chi connectivity index (χ1v) is 7.54. The van der Waals surface area contributed by atoms with E-state index in [0.29, 0.717) is 0 Å². The molecule has 0 saturated carbocycles. The molecule has 0 aliphatic carbocycles. The molecule has 1 aromatic carbocycles. The number of hydrogen-bond acceptors (Lipinski definition) is 3. The maximum atomic E-state index is 11.6. The molecule has 4 heteroatoms. The SMILES string of the molecule is C[C@@H](S[C@H](C(N)=O)c1ccccc1)c1cccs1. The van der Waals surface area contributed by atoms with Gasteiger partial charge in [-0.1, -0.05) is 36.4 Å². The Bertz CT molecular complexity index is 496. The average molecular weight is 277 g/mol. The summed E-state index contributed by atoms with van der Waals surface area (Å²) < 4.78 is 0. The Morgan fingerprint density at radius 2 is 1.94 bits per heavy atom. The van der Waals surface area contributed by atoms with Crippen molar-refractivity contribution in [3.63, 3.8) is 0 Å². The minimum atomic E-state index is -0.289. The maximum Gasteiger partial charge on any atom is 0.235 e. The van der Waals surface area contributed by atoms with Crippen molar-refractivity contribution < 1.29 is 4.79 Å². The third kappa shape index (κ3) is 3.15. The highest BCUT2D eigenvalue weighted by atomic mass is 32.2. The molecular weight excluding hydrogens is 262 g/mol. The number of benzene rings is 1. The van der Waals surface area contributed by atoms with E-state index >= 15 is 0 Å². The molecule has 2 nitrogen and oxygen atoms in total. The van der Waals surface area contributed by atoms with Crippen LogP contribution < -0.4 is 5.73 Å². The number of primary amides is 1. The van der Waals surface area contributed by atoms with Gasteiger partial charge in [0.2, 0.25) is 5.91 Å². The minimum absolute atomic E-state index is 0.266. The summed E-state index contributed by atoms with van der Waals surface area (Å²) in [5.74, 6) is -0.283. The van der Waals surface area contributed by atoms with Gasteiger partial charge in [-0.05, 0) is 23.9 Å². The van der Waals surface area contributed by atoms with Gasteiger partial charge in [-0.25, -0.2) is 0 Å². The highest BCUT2D eigenvalue weighted by Gasteiger charge is 2.22. The molecule has 0 radical (unpaired) electrons. The van der Waals surface area contributed by atoms with Crippen molar-refractivity contribution in [3.8, 4) is 0 Å². The smallest absolute Gasteiger partial charge is 0.235 e. The molecule has 0 aliphatic heterocycles. The van der Waals surface area contributed by atoms with E-state index in [1.165, 1.54) is 4.88 Å². The average Bonchev–Trinajstić information content (AvgIpc) is 2.90. The topological polar surface area (TPSA) is 43.1 Å². The normalized spacial score (nSPS) is 14.1. The van der Waals surface area contributed by atoms with Crippen molar-refractivity contribution in [1.29, 1.82) is 0 Å². The summed E-state index contributed by atoms with van der Waals surface area (Å²) >= 11 is 3.31. The summed E-state index contributed by atoms with van der Waals surface area (Å²) in [5.41, 5.74) is 6.48. The third-order valence-corrected chi connectivity index (χ3v) is 5.29. The molecule has 2 rings (SSSR count). The van der Waals surface area contributed by atoms with Crippen LogP contribution in [0.2, 0.25) is 0 Å². The second-order valence-electron chi connectivity index (χ2n) is 3.99. The highest BCUT2D eigenvalue weighted by molar-refractivity contribution is 8.00. The number of hydrogen-bond donors (Lipinski definition) is 1. The van der Waals surface area contributed by atoms with Gasteiger partial charge in [0, 0.05) is 10.1 Å². The summed E-state index contributed by atoms with van der Waals surface area (Å²) in [4.78, 5) is 12.9. The zero-order valence-corrected chi connectivity index (χ0v) is 11.7. The van der Waals surface area contributed by atoms with Crippen LogP contribution in [0.4, 0.5) is 0 Å². The van der Waals surface area contributed by atoms with E-state index in [2.05, 4.69) is 13.0 Å². The number of carbonyl (C=O) groups excluding carboxylic acids is 1. The van der Waals surface area contributed by atoms with Crippen LogP contribution in [0.25, 0.3) is 0 Å². The number of thiophene rings is 1. The summed E-state index contributed by atoms with van der Waals surface area (Å²) in [7, 11) is 0. The molecule has 0 fully saturated rings. The number of amides is 1. The molecule has 0 saturated heterocycles. The van der Waals surface area contributed by atoms with Gasteiger partial charge in [-0.3, -0.25) is 4.79 Å². The molecule has 94 valence electrons. The lowest BCUT2D eigenvalue weighted by Crippen LogP contribution is -2.19. The first-order valence-electron chi connectivity index (χ1n) is 5.71. The summed E-state index contributed by atoms with van der Waals surface area (Å²) in [5, 5.41) is 2.03. The monoisotopic (exact) mass is 277 g/mol. The molecular formula is C14H15NOS2. The quantitative estimate of drug-likeness (QED) is 0.904. The number of rotatable bonds is 5. The zero-order chi connectivity index (χ0) is 13.0. The molecule has 2 atom stereocenters. The largest absolute Gasteiger partial charge is 0.368 e. The van der Waals surface area contributed by atoms with Gasteiger partial charge < -0.3 is 5.73 Å².